The molecule has 10 heteroatoms. The molecule has 2 aromatic carbocycles. The minimum absolute atomic E-state index is 0.0721. The van der Waals surface area contributed by atoms with Crippen LogP contribution in [0, 0.1) is 11.6 Å². The summed E-state index contributed by atoms with van der Waals surface area (Å²) in [6.07, 6.45) is 3.65. The Balaban J connectivity index is 1.73. The third-order valence-electron chi connectivity index (χ3n) is 4.91. The second-order valence-electron chi connectivity index (χ2n) is 7.09. The maximum atomic E-state index is 13.3. The molecule has 31 heavy (non-hydrogen) atoms. The number of nitrogens with one attached hydrogen (secondary N) is 1. The first-order chi connectivity index (χ1) is 14.8. The number of nitrogens with zero attached hydrogens (tertiary/aromatic N) is 1. The number of carbonyl (C=O) groups is 1. The van der Waals surface area contributed by atoms with Crippen LogP contribution in [0.2, 0.25) is 0 Å². The molecule has 1 heterocycles. The average Bonchev–Trinajstić information content (AvgIpc) is 3.05. The lowest BCUT2D eigenvalue weighted by atomic mass is 10.2. The average molecular weight is 471 g/mol. The van der Waals surface area contributed by atoms with Gasteiger partial charge in [0.25, 0.3) is 0 Å². The molecule has 0 atom stereocenters. The third kappa shape index (κ3) is 5.96. The number of anilines is 1. The molecule has 1 aliphatic rings. The fourth-order valence-electron chi connectivity index (χ4n) is 3.28. The molecule has 0 aromatic heterocycles. The third-order valence-corrected chi connectivity index (χ3v) is 7.80. The second kappa shape index (κ2) is 10.4. The first-order valence-corrected chi connectivity index (χ1v) is 12.3. The van der Waals surface area contributed by atoms with E-state index >= 15 is 0 Å². The van der Waals surface area contributed by atoms with Crippen LogP contribution < -0.4 is 10.1 Å². The van der Waals surface area contributed by atoms with Gasteiger partial charge in [0.15, 0.2) is 11.6 Å². The Kier molecular flexibility index (Phi) is 7.90. The van der Waals surface area contributed by atoms with Gasteiger partial charge in [-0.2, -0.15) is 4.31 Å². The Bertz CT molecular complexity index is 1040. The molecule has 3 rings (SSSR count). The molecule has 0 unspecified atom stereocenters. The summed E-state index contributed by atoms with van der Waals surface area (Å²) in [4.78, 5) is 12.9. The van der Waals surface area contributed by atoms with Crippen LogP contribution in [-0.4, -0.2) is 44.6 Å². The van der Waals surface area contributed by atoms with Gasteiger partial charge < -0.3 is 10.1 Å². The van der Waals surface area contributed by atoms with Crippen molar-refractivity contribution in [1.29, 1.82) is 0 Å². The molecule has 6 nitrogen and oxygen atoms in total. The van der Waals surface area contributed by atoms with E-state index in [1.54, 1.807) is 0 Å². The van der Waals surface area contributed by atoms with Gasteiger partial charge in [0, 0.05) is 18.0 Å². The van der Waals surface area contributed by atoms with Crippen molar-refractivity contribution in [1.82, 2.24) is 4.31 Å². The summed E-state index contributed by atoms with van der Waals surface area (Å²) < 4.78 is 59.2. The number of rotatable bonds is 7. The van der Waals surface area contributed by atoms with Crippen LogP contribution in [-0.2, 0) is 14.8 Å². The quantitative estimate of drug-likeness (QED) is 0.612. The number of benzene rings is 2. The number of thioether (sulfide) groups is 1. The topological polar surface area (TPSA) is 75.7 Å². The van der Waals surface area contributed by atoms with Crippen LogP contribution in [0.1, 0.15) is 25.7 Å². The minimum atomic E-state index is -3.69. The van der Waals surface area contributed by atoms with Crippen LogP contribution in [0.25, 0.3) is 0 Å². The summed E-state index contributed by atoms with van der Waals surface area (Å²) in [5.41, 5.74) is 0.231. The predicted molar refractivity (Wildman–Crippen MR) is 116 cm³/mol. The molecule has 1 aliphatic heterocycles. The van der Waals surface area contributed by atoms with Gasteiger partial charge in [-0.15, -0.1) is 11.8 Å². The highest BCUT2D eigenvalue weighted by Crippen LogP contribution is 2.30. The molecule has 0 bridgehead atoms. The molecule has 0 radical (unpaired) electrons. The smallest absolute Gasteiger partial charge is 0.243 e. The van der Waals surface area contributed by atoms with Crippen molar-refractivity contribution in [2.75, 3.05) is 31.3 Å². The zero-order valence-electron chi connectivity index (χ0n) is 17.1. The van der Waals surface area contributed by atoms with Crippen molar-refractivity contribution in [2.45, 2.75) is 35.5 Å². The zero-order valence-corrected chi connectivity index (χ0v) is 18.7. The molecule has 0 saturated carbocycles. The first-order valence-electron chi connectivity index (χ1n) is 9.87. The van der Waals surface area contributed by atoms with Gasteiger partial charge in [-0.05, 0) is 49.2 Å². The summed E-state index contributed by atoms with van der Waals surface area (Å²) in [6, 6.07) is 7.75. The van der Waals surface area contributed by atoms with Crippen molar-refractivity contribution >= 4 is 33.4 Å². The van der Waals surface area contributed by atoms with E-state index in [0.717, 1.165) is 49.6 Å². The Morgan fingerprint density at radius 2 is 1.77 bits per heavy atom. The van der Waals surface area contributed by atoms with Crippen LogP contribution in [0.3, 0.4) is 0 Å². The molecule has 0 aliphatic carbocycles. The maximum Gasteiger partial charge on any atom is 0.243 e. The number of halogens is 2. The number of hydrogen-bond acceptors (Lipinski definition) is 5. The van der Waals surface area contributed by atoms with Gasteiger partial charge in [-0.1, -0.05) is 12.8 Å². The van der Waals surface area contributed by atoms with E-state index in [1.165, 1.54) is 35.7 Å². The van der Waals surface area contributed by atoms with Crippen LogP contribution >= 0.6 is 11.8 Å². The Morgan fingerprint density at radius 3 is 2.42 bits per heavy atom. The minimum Gasteiger partial charge on any atom is -0.495 e. The van der Waals surface area contributed by atoms with E-state index in [0.29, 0.717) is 23.7 Å². The van der Waals surface area contributed by atoms with Gasteiger partial charge in [0.2, 0.25) is 15.9 Å². The Hall–Kier alpha value is -2.17. The largest absolute Gasteiger partial charge is 0.495 e. The van der Waals surface area contributed by atoms with Crippen molar-refractivity contribution in [2.24, 2.45) is 0 Å². The molecule has 1 saturated heterocycles. The van der Waals surface area contributed by atoms with Crippen LogP contribution in [0.5, 0.6) is 5.75 Å². The highest BCUT2D eigenvalue weighted by atomic mass is 32.2. The van der Waals surface area contributed by atoms with Gasteiger partial charge in [0.1, 0.15) is 5.75 Å². The van der Waals surface area contributed by atoms with Crippen LogP contribution in [0.15, 0.2) is 46.2 Å². The summed E-state index contributed by atoms with van der Waals surface area (Å²) in [7, 11) is -2.27. The van der Waals surface area contributed by atoms with Gasteiger partial charge in [-0.3, -0.25) is 4.79 Å². The molecular weight excluding hydrogens is 446 g/mol. The van der Waals surface area contributed by atoms with E-state index in [1.807, 2.05) is 0 Å². The van der Waals surface area contributed by atoms with E-state index < -0.39 is 27.6 Å². The molecule has 1 fully saturated rings. The molecule has 0 spiro atoms. The summed E-state index contributed by atoms with van der Waals surface area (Å²) in [5.74, 6) is -2.13. The molecule has 1 N–H and O–H groups in total. The molecular formula is C21H24F2N2O4S2. The normalized spacial score (nSPS) is 15.3. The summed E-state index contributed by atoms with van der Waals surface area (Å²) in [5, 5.41) is 2.65. The standard InChI is InChI=1S/C21H24F2N2O4S2/c1-29-20-9-7-16(31(27,28)25-10-4-2-3-5-11-25)13-19(20)24-21(26)14-30-15-6-8-17(22)18(23)12-15/h6-9,12-13H,2-5,10-11,14H2,1H3,(H,24,26). The molecule has 168 valence electrons. The number of hydrogen-bond donors (Lipinski definition) is 1. The summed E-state index contributed by atoms with van der Waals surface area (Å²) in [6.45, 7) is 0.946. The lowest BCUT2D eigenvalue weighted by Gasteiger charge is -2.21. The second-order valence-corrected chi connectivity index (χ2v) is 10.1. The van der Waals surface area contributed by atoms with Crippen molar-refractivity contribution < 1.29 is 26.7 Å². The Labute approximate surface area is 185 Å². The van der Waals surface area contributed by atoms with Gasteiger partial charge in [0.05, 0.1) is 23.4 Å². The maximum absolute atomic E-state index is 13.3. The number of carbonyl (C=O) groups excluding carboxylic acids is 1. The zero-order chi connectivity index (χ0) is 22.4. The first kappa shape index (κ1) is 23.5. The van der Waals surface area contributed by atoms with Crippen molar-refractivity contribution in [3.8, 4) is 5.75 Å². The fourth-order valence-corrected chi connectivity index (χ4v) is 5.54. The number of amides is 1. The van der Waals surface area contributed by atoms with E-state index in [4.69, 9.17) is 4.74 Å². The number of methoxy groups -OCH3 is 1. The van der Waals surface area contributed by atoms with Gasteiger partial charge >= 0.3 is 0 Å². The lowest BCUT2D eigenvalue weighted by Crippen LogP contribution is -2.32. The fraction of sp³-hybridized carbons (Fsp3) is 0.381. The van der Waals surface area contributed by atoms with E-state index in [-0.39, 0.29) is 16.3 Å². The molecule has 2 aromatic rings. The summed E-state index contributed by atoms with van der Waals surface area (Å²) >= 11 is 1.03. The Morgan fingerprint density at radius 1 is 1.06 bits per heavy atom. The number of sulfonamides is 1. The van der Waals surface area contributed by atoms with Gasteiger partial charge in [-0.25, -0.2) is 17.2 Å². The van der Waals surface area contributed by atoms with Crippen molar-refractivity contribution in [3.63, 3.8) is 0 Å². The molecule has 1 amide bonds. The highest BCUT2D eigenvalue weighted by Gasteiger charge is 2.26. The number of ether oxygens (including phenoxy) is 1. The monoisotopic (exact) mass is 470 g/mol. The highest BCUT2D eigenvalue weighted by molar-refractivity contribution is 8.00. The van der Waals surface area contributed by atoms with Crippen molar-refractivity contribution in [3.05, 3.63) is 48.0 Å². The predicted octanol–water partition coefficient (Wildman–Crippen LogP) is 4.27. The SMILES string of the molecule is COc1ccc(S(=O)(=O)N2CCCCCC2)cc1NC(=O)CSc1ccc(F)c(F)c1. The lowest BCUT2D eigenvalue weighted by molar-refractivity contribution is -0.113. The van der Waals surface area contributed by atoms with Crippen LogP contribution in [0.4, 0.5) is 14.5 Å². The van der Waals surface area contributed by atoms with E-state index in [9.17, 15) is 22.0 Å². The van der Waals surface area contributed by atoms with E-state index in [2.05, 4.69) is 5.32 Å².